The van der Waals surface area contributed by atoms with Gasteiger partial charge in [0.25, 0.3) is 0 Å². The Labute approximate surface area is 113 Å². The Kier molecular flexibility index (Phi) is 4.04. The number of carbonyl (C=O) groups excluding carboxylic acids is 1. The van der Waals surface area contributed by atoms with Crippen molar-refractivity contribution in [3.05, 3.63) is 36.4 Å². The van der Waals surface area contributed by atoms with Gasteiger partial charge in [-0.3, -0.25) is 4.79 Å². The van der Waals surface area contributed by atoms with Crippen LogP contribution in [0.1, 0.15) is 19.3 Å². The van der Waals surface area contributed by atoms with Gasteiger partial charge in [-0.25, -0.2) is 8.42 Å². The topological polar surface area (TPSA) is 63.2 Å². The lowest BCUT2D eigenvalue weighted by atomic mass is 10.1. The molecule has 19 heavy (non-hydrogen) atoms. The van der Waals surface area contributed by atoms with Crippen LogP contribution in [0.4, 0.5) is 5.69 Å². The van der Waals surface area contributed by atoms with Gasteiger partial charge >= 0.3 is 0 Å². The van der Waals surface area contributed by atoms with E-state index in [0.717, 1.165) is 19.1 Å². The Morgan fingerprint density at radius 1 is 1.42 bits per heavy atom. The first-order valence-corrected chi connectivity index (χ1v) is 8.11. The molecular formula is C14H17NO3S. The largest absolute Gasteiger partial charge is 0.326 e. The van der Waals surface area contributed by atoms with E-state index in [9.17, 15) is 13.2 Å². The number of rotatable bonds is 4. The van der Waals surface area contributed by atoms with Crippen LogP contribution in [-0.4, -0.2) is 20.6 Å². The Hall–Kier alpha value is -1.62. The van der Waals surface area contributed by atoms with E-state index in [1.165, 1.54) is 12.1 Å². The van der Waals surface area contributed by atoms with E-state index in [2.05, 4.69) is 17.5 Å². The number of carbonyl (C=O) groups is 1. The predicted molar refractivity (Wildman–Crippen MR) is 74.7 cm³/mol. The fourth-order valence-electron chi connectivity index (χ4n) is 2.12. The highest BCUT2D eigenvalue weighted by Gasteiger charge is 2.14. The second-order valence-corrected chi connectivity index (χ2v) is 6.83. The number of sulfone groups is 1. The van der Waals surface area contributed by atoms with Gasteiger partial charge in [0, 0.05) is 18.4 Å². The molecule has 1 aliphatic carbocycles. The van der Waals surface area contributed by atoms with Crippen molar-refractivity contribution in [2.75, 3.05) is 11.6 Å². The molecular weight excluding hydrogens is 262 g/mol. The van der Waals surface area contributed by atoms with Crippen LogP contribution >= 0.6 is 0 Å². The molecule has 1 aromatic carbocycles. The lowest BCUT2D eigenvalue weighted by Gasteiger charge is -2.09. The smallest absolute Gasteiger partial charge is 0.224 e. The zero-order valence-electron chi connectivity index (χ0n) is 10.8. The fraction of sp³-hybridized carbons (Fsp3) is 0.357. The Morgan fingerprint density at radius 2 is 2.21 bits per heavy atom. The molecule has 1 N–H and O–H groups in total. The summed E-state index contributed by atoms with van der Waals surface area (Å²) in [5.74, 6) is 0.222. The SMILES string of the molecule is CS(=O)(=O)c1cccc(NC(=O)CC2C=CCC2)c1. The molecule has 0 aromatic heterocycles. The molecule has 1 aromatic rings. The van der Waals surface area contributed by atoms with Gasteiger partial charge in [-0.15, -0.1) is 0 Å². The molecule has 0 radical (unpaired) electrons. The van der Waals surface area contributed by atoms with Crippen molar-refractivity contribution in [1.29, 1.82) is 0 Å². The van der Waals surface area contributed by atoms with Crippen LogP contribution in [0.2, 0.25) is 0 Å². The van der Waals surface area contributed by atoms with E-state index >= 15 is 0 Å². The molecule has 1 amide bonds. The number of benzene rings is 1. The summed E-state index contributed by atoms with van der Waals surface area (Å²) in [6.45, 7) is 0. The number of anilines is 1. The van der Waals surface area contributed by atoms with Crippen molar-refractivity contribution in [2.45, 2.75) is 24.2 Å². The second-order valence-electron chi connectivity index (χ2n) is 4.82. The summed E-state index contributed by atoms with van der Waals surface area (Å²) >= 11 is 0. The average molecular weight is 279 g/mol. The van der Waals surface area contributed by atoms with Crippen LogP contribution in [0.15, 0.2) is 41.3 Å². The molecule has 102 valence electrons. The van der Waals surface area contributed by atoms with Gasteiger partial charge in [0.2, 0.25) is 5.91 Å². The third-order valence-electron chi connectivity index (χ3n) is 3.11. The van der Waals surface area contributed by atoms with Crippen molar-refractivity contribution in [3.8, 4) is 0 Å². The third kappa shape index (κ3) is 3.92. The first-order chi connectivity index (χ1) is 8.95. The van der Waals surface area contributed by atoms with Crippen molar-refractivity contribution in [3.63, 3.8) is 0 Å². The van der Waals surface area contributed by atoms with E-state index in [0.29, 0.717) is 18.0 Å². The fourth-order valence-corrected chi connectivity index (χ4v) is 2.79. The van der Waals surface area contributed by atoms with Crippen LogP contribution in [0, 0.1) is 5.92 Å². The number of hydrogen-bond acceptors (Lipinski definition) is 3. The minimum Gasteiger partial charge on any atom is -0.326 e. The summed E-state index contributed by atoms with van der Waals surface area (Å²) in [6.07, 6.45) is 7.78. The highest BCUT2D eigenvalue weighted by molar-refractivity contribution is 7.90. The Morgan fingerprint density at radius 3 is 2.84 bits per heavy atom. The van der Waals surface area contributed by atoms with Crippen molar-refractivity contribution < 1.29 is 13.2 Å². The number of nitrogens with one attached hydrogen (secondary N) is 1. The van der Waals surface area contributed by atoms with Gasteiger partial charge < -0.3 is 5.32 Å². The number of hydrogen-bond donors (Lipinski definition) is 1. The van der Waals surface area contributed by atoms with Gasteiger partial charge in [0.05, 0.1) is 4.90 Å². The van der Waals surface area contributed by atoms with Gasteiger partial charge in [-0.1, -0.05) is 18.2 Å². The summed E-state index contributed by atoms with van der Waals surface area (Å²) in [4.78, 5) is 12.0. The quantitative estimate of drug-likeness (QED) is 0.861. The highest BCUT2D eigenvalue weighted by Crippen LogP contribution is 2.21. The molecule has 1 aliphatic rings. The normalized spacial score (nSPS) is 18.5. The first kappa shape index (κ1) is 13.8. The maximum atomic E-state index is 11.8. The molecule has 0 bridgehead atoms. The van der Waals surface area contributed by atoms with E-state index < -0.39 is 9.84 Å². The van der Waals surface area contributed by atoms with Crippen molar-refractivity contribution in [2.24, 2.45) is 5.92 Å². The van der Waals surface area contributed by atoms with Crippen LogP contribution in [-0.2, 0) is 14.6 Å². The molecule has 5 heteroatoms. The molecule has 4 nitrogen and oxygen atoms in total. The summed E-state index contributed by atoms with van der Waals surface area (Å²) in [7, 11) is -3.25. The number of allylic oxidation sites excluding steroid dienone is 2. The molecule has 2 rings (SSSR count). The van der Waals surface area contributed by atoms with Gasteiger partial charge in [-0.2, -0.15) is 0 Å². The number of amides is 1. The van der Waals surface area contributed by atoms with Crippen LogP contribution in [0.25, 0.3) is 0 Å². The summed E-state index contributed by atoms with van der Waals surface area (Å²) in [6, 6.07) is 6.32. The van der Waals surface area contributed by atoms with Crippen molar-refractivity contribution in [1.82, 2.24) is 0 Å². The summed E-state index contributed by atoms with van der Waals surface area (Å²) < 4.78 is 22.9. The van der Waals surface area contributed by atoms with Crippen LogP contribution in [0.3, 0.4) is 0 Å². The molecule has 0 saturated carbocycles. The standard InChI is InChI=1S/C14H17NO3S/c1-19(17,18)13-8-4-7-12(10-13)15-14(16)9-11-5-2-3-6-11/h2,4-5,7-8,10-11H,3,6,9H2,1H3,(H,15,16). The minimum absolute atomic E-state index is 0.0813. The zero-order chi connectivity index (χ0) is 13.9. The molecule has 0 heterocycles. The van der Waals surface area contributed by atoms with Crippen LogP contribution in [0.5, 0.6) is 0 Å². The van der Waals surface area contributed by atoms with Crippen LogP contribution < -0.4 is 5.32 Å². The molecule has 0 fully saturated rings. The third-order valence-corrected chi connectivity index (χ3v) is 4.22. The Balaban J connectivity index is 2.02. The minimum atomic E-state index is -3.25. The maximum absolute atomic E-state index is 11.8. The monoisotopic (exact) mass is 279 g/mol. The lowest BCUT2D eigenvalue weighted by molar-refractivity contribution is -0.116. The van der Waals surface area contributed by atoms with Gasteiger partial charge in [0.1, 0.15) is 0 Å². The first-order valence-electron chi connectivity index (χ1n) is 6.22. The lowest BCUT2D eigenvalue weighted by Crippen LogP contribution is -2.15. The maximum Gasteiger partial charge on any atom is 0.224 e. The van der Waals surface area contributed by atoms with Gasteiger partial charge in [0.15, 0.2) is 9.84 Å². The molecule has 0 aliphatic heterocycles. The van der Waals surface area contributed by atoms with E-state index in [-0.39, 0.29) is 10.8 Å². The molecule has 1 unspecified atom stereocenters. The van der Waals surface area contributed by atoms with Crippen molar-refractivity contribution >= 4 is 21.4 Å². The van der Waals surface area contributed by atoms with E-state index in [4.69, 9.17) is 0 Å². The van der Waals surface area contributed by atoms with Gasteiger partial charge in [-0.05, 0) is 37.0 Å². The summed E-state index contributed by atoms with van der Waals surface area (Å²) in [5, 5.41) is 2.74. The Bertz CT molecular complexity index is 605. The zero-order valence-corrected chi connectivity index (χ0v) is 11.6. The predicted octanol–water partition coefficient (Wildman–Crippen LogP) is 2.38. The van der Waals surface area contributed by atoms with E-state index in [1.807, 2.05) is 0 Å². The molecule has 1 atom stereocenters. The summed E-state index contributed by atoms with van der Waals surface area (Å²) in [5.41, 5.74) is 0.523. The average Bonchev–Trinajstić information content (AvgIpc) is 2.80. The molecule has 0 spiro atoms. The second kappa shape index (κ2) is 5.57. The van der Waals surface area contributed by atoms with E-state index in [1.54, 1.807) is 12.1 Å². The molecule has 0 saturated heterocycles. The highest BCUT2D eigenvalue weighted by atomic mass is 32.2.